The lowest BCUT2D eigenvalue weighted by Crippen LogP contribution is -2.42. The van der Waals surface area contributed by atoms with E-state index in [0.29, 0.717) is 57.2 Å². The van der Waals surface area contributed by atoms with Crippen molar-refractivity contribution < 1.29 is 18.0 Å². The summed E-state index contributed by atoms with van der Waals surface area (Å²) in [7, 11) is -3.70. The van der Waals surface area contributed by atoms with Crippen molar-refractivity contribution >= 4 is 27.4 Å². The van der Waals surface area contributed by atoms with Crippen molar-refractivity contribution in [1.29, 1.82) is 0 Å². The van der Waals surface area contributed by atoms with Crippen LogP contribution in [0.5, 0.6) is 0 Å². The lowest BCUT2D eigenvalue weighted by Gasteiger charge is -2.31. The molecule has 164 valence electrons. The molecule has 0 radical (unpaired) electrons. The Bertz CT molecular complexity index is 1070. The predicted octanol–water partition coefficient (Wildman–Crippen LogP) is 2.96. The third kappa shape index (κ3) is 5.02. The number of benzene rings is 1. The number of hydrogen-bond donors (Lipinski definition) is 1. The quantitative estimate of drug-likeness (QED) is 0.743. The Kier molecular flexibility index (Phi) is 6.48. The first-order chi connectivity index (χ1) is 14.9. The number of pyridine rings is 1. The molecule has 2 aliphatic rings. The van der Waals surface area contributed by atoms with Gasteiger partial charge in [-0.3, -0.25) is 14.6 Å². The van der Waals surface area contributed by atoms with Gasteiger partial charge in [0.1, 0.15) is 5.78 Å². The van der Waals surface area contributed by atoms with Gasteiger partial charge in [0, 0.05) is 49.9 Å². The first-order valence-electron chi connectivity index (χ1n) is 10.8. The number of nitrogens with one attached hydrogen (secondary N) is 1. The lowest BCUT2D eigenvalue weighted by atomic mass is 9.92. The molecule has 1 aromatic heterocycles. The smallest absolute Gasteiger partial charge is 0.243 e. The van der Waals surface area contributed by atoms with Gasteiger partial charge in [0.2, 0.25) is 15.9 Å². The zero-order valence-corrected chi connectivity index (χ0v) is 18.2. The van der Waals surface area contributed by atoms with Crippen LogP contribution >= 0.6 is 0 Å². The van der Waals surface area contributed by atoms with Crippen LogP contribution in [-0.4, -0.2) is 42.5 Å². The van der Waals surface area contributed by atoms with Crippen LogP contribution in [0, 0.1) is 5.92 Å². The molecule has 1 unspecified atom stereocenters. The van der Waals surface area contributed by atoms with E-state index in [0.717, 1.165) is 11.1 Å². The minimum Gasteiger partial charge on any atom is -0.326 e. The highest BCUT2D eigenvalue weighted by molar-refractivity contribution is 7.89. The van der Waals surface area contributed by atoms with Gasteiger partial charge >= 0.3 is 0 Å². The second kappa shape index (κ2) is 9.28. The topological polar surface area (TPSA) is 96.4 Å². The van der Waals surface area contributed by atoms with E-state index >= 15 is 0 Å². The van der Waals surface area contributed by atoms with Gasteiger partial charge in [0.15, 0.2) is 0 Å². The standard InChI is InChI=1S/C23H27N3O4S/c27-22(11-8-17-4-2-12-24-15-17)19-6-3-13-26(16-19)31(29,30)20-9-10-21-18(14-20)5-1-7-23(28)25-21/h2,4,9-10,12,14-15,19H,1,3,5-8,11,13,16H2,(H,25,28). The number of sulfonamides is 1. The molecular weight excluding hydrogens is 414 g/mol. The average molecular weight is 442 g/mol. The molecule has 0 aliphatic carbocycles. The SMILES string of the molecule is O=C1CCCc2cc(S(=O)(=O)N3CCCC(C(=O)CCc4cccnc4)C3)ccc2N1. The normalized spacial score (nSPS) is 19.9. The summed E-state index contributed by atoms with van der Waals surface area (Å²) in [4.78, 5) is 28.8. The molecule has 7 nitrogen and oxygen atoms in total. The van der Waals surface area contributed by atoms with Crippen LogP contribution in [0.2, 0.25) is 0 Å². The second-order valence-corrected chi connectivity index (χ2v) is 10.2. The fraction of sp³-hybridized carbons (Fsp3) is 0.435. The van der Waals surface area contributed by atoms with Gasteiger partial charge in [-0.15, -0.1) is 0 Å². The fourth-order valence-corrected chi connectivity index (χ4v) is 5.88. The van der Waals surface area contributed by atoms with Crippen molar-refractivity contribution in [1.82, 2.24) is 9.29 Å². The number of aromatic nitrogens is 1. The molecule has 1 N–H and O–H groups in total. The number of anilines is 1. The minimum absolute atomic E-state index is 0.0435. The van der Waals surface area contributed by atoms with E-state index in [2.05, 4.69) is 10.3 Å². The number of nitrogens with zero attached hydrogens (tertiary/aromatic N) is 2. The first kappa shape index (κ1) is 21.6. The molecule has 8 heteroatoms. The average Bonchev–Trinajstić information content (AvgIpc) is 2.98. The molecule has 1 saturated heterocycles. The molecule has 1 aromatic carbocycles. The highest BCUT2D eigenvalue weighted by atomic mass is 32.2. The minimum atomic E-state index is -3.70. The Balaban J connectivity index is 1.45. The molecule has 2 aromatic rings. The Hall–Kier alpha value is -2.58. The molecule has 1 atom stereocenters. The van der Waals surface area contributed by atoms with E-state index in [1.165, 1.54) is 4.31 Å². The molecule has 1 fully saturated rings. The predicted molar refractivity (Wildman–Crippen MR) is 117 cm³/mol. The molecule has 4 rings (SSSR count). The van der Waals surface area contributed by atoms with Crippen LogP contribution in [0.3, 0.4) is 0 Å². The van der Waals surface area contributed by atoms with Gasteiger partial charge in [-0.2, -0.15) is 4.31 Å². The number of carbonyl (C=O) groups excluding carboxylic acids is 2. The Morgan fingerprint density at radius 1 is 1.19 bits per heavy atom. The first-order valence-corrected chi connectivity index (χ1v) is 12.2. The van der Waals surface area contributed by atoms with E-state index in [1.54, 1.807) is 30.6 Å². The monoisotopic (exact) mass is 441 g/mol. The highest BCUT2D eigenvalue weighted by Gasteiger charge is 2.33. The van der Waals surface area contributed by atoms with Gasteiger partial charge in [0.05, 0.1) is 4.90 Å². The summed E-state index contributed by atoms with van der Waals surface area (Å²) >= 11 is 0. The molecule has 0 spiro atoms. The molecule has 31 heavy (non-hydrogen) atoms. The Morgan fingerprint density at radius 3 is 2.87 bits per heavy atom. The van der Waals surface area contributed by atoms with E-state index < -0.39 is 10.0 Å². The van der Waals surface area contributed by atoms with E-state index in [-0.39, 0.29) is 29.0 Å². The summed E-state index contributed by atoms with van der Waals surface area (Å²) in [6.07, 6.45) is 7.64. The lowest BCUT2D eigenvalue weighted by molar-refractivity contribution is -0.124. The third-order valence-electron chi connectivity index (χ3n) is 6.06. The number of fused-ring (bicyclic) bond motifs is 1. The van der Waals surface area contributed by atoms with Crippen molar-refractivity contribution in [2.75, 3.05) is 18.4 Å². The van der Waals surface area contributed by atoms with Gasteiger partial charge in [-0.1, -0.05) is 6.07 Å². The number of amides is 1. The van der Waals surface area contributed by atoms with Crippen molar-refractivity contribution in [3.63, 3.8) is 0 Å². The molecule has 0 bridgehead atoms. The van der Waals surface area contributed by atoms with E-state index in [1.807, 2.05) is 12.1 Å². The number of aryl methyl sites for hydroxylation is 2. The Labute approximate surface area is 182 Å². The maximum absolute atomic E-state index is 13.3. The number of piperidine rings is 1. The zero-order chi connectivity index (χ0) is 21.8. The summed E-state index contributed by atoms with van der Waals surface area (Å²) < 4.78 is 28.0. The van der Waals surface area contributed by atoms with Crippen molar-refractivity contribution in [2.45, 2.75) is 49.8 Å². The Morgan fingerprint density at radius 2 is 2.06 bits per heavy atom. The van der Waals surface area contributed by atoms with E-state index in [9.17, 15) is 18.0 Å². The van der Waals surface area contributed by atoms with E-state index in [4.69, 9.17) is 0 Å². The molecule has 2 aliphatic heterocycles. The molecule has 1 amide bonds. The maximum atomic E-state index is 13.3. The van der Waals surface area contributed by atoms with Gasteiger partial charge in [-0.25, -0.2) is 8.42 Å². The third-order valence-corrected chi connectivity index (χ3v) is 7.92. The summed E-state index contributed by atoms with van der Waals surface area (Å²) in [5.41, 5.74) is 2.53. The fourth-order valence-electron chi connectivity index (χ4n) is 4.30. The van der Waals surface area contributed by atoms with Crippen molar-refractivity contribution in [3.8, 4) is 0 Å². The van der Waals surface area contributed by atoms with Gasteiger partial charge in [-0.05, 0) is 67.5 Å². The van der Waals surface area contributed by atoms with Crippen LogP contribution in [0.15, 0.2) is 47.6 Å². The van der Waals surface area contributed by atoms with Crippen LogP contribution in [0.4, 0.5) is 5.69 Å². The number of Topliss-reactive ketones (excluding diaryl/α,β-unsaturated/α-hetero) is 1. The second-order valence-electron chi connectivity index (χ2n) is 8.25. The summed E-state index contributed by atoms with van der Waals surface area (Å²) in [5.74, 6) is -0.216. The summed E-state index contributed by atoms with van der Waals surface area (Å²) in [6, 6.07) is 8.68. The number of ketones is 1. The molecule has 3 heterocycles. The van der Waals surface area contributed by atoms with Gasteiger partial charge < -0.3 is 5.32 Å². The molecule has 0 saturated carbocycles. The van der Waals surface area contributed by atoms with Crippen molar-refractivity contribution in [2.24, 2.45) is 5.92 Å². The van der Waals surface area contributed by atoms with Crippen LogP contribution in [-0.2, 0) is 32.5 Å². The maximum Gasteiger partial charge on any atom is 0.243 e. The largest absolute Gasteiger partial charge is 0.326 e. The zero-order valence-electron chi connectivity index (χ0n) is 17.4. The van der Waals surface area contributed by atoms with Crippen LogP contribution in [0.1, 0.15) is 43.2 Å². The number of rotatable bonds is 6. The molecular formula is C23H27N3O4S. The summed E-state index contributed by atoms with van der Waals surface area (Å²) in [5, 5.41) is 2.83. The van der Waals surface area contributed by atoms with Crippen molar-refractivity contribution in [3.05, 3.63) is 53.9 Å². The van der Waals surface area contributed by atoms with Crippen LogP contribution < -0.4 is 5.32 Å². The summed E-state index contributed by atoms with van der Waals surface area (Å²) in [6.45, 7) is 0.643. The highest BCUT2D eigenvalue weighted by Crippen LogP contribution is 2.29. The number of hydrogen-bond acceptors (Lipinski definition) is 5. The van der Waals surface area contributed by atoms with Crippen LogP contribution in [0.25, 0.3) is 0 Å². The van der Waals surface area contributed by atoms with Gasteiger partial charge in [0.25, 0.3) is 0 Å². The number of carbonyl (C=O) groups is 2.